The first kappa shape index (κ1) is 5.15. The molecule has 0 aromatic heterocycles. The lowest BCUT2D eigenvalue weighted by Crippen LogP contribution is -2.19. The van der Waals surface area contributed by atoms with Gasteiger partial charge in [0.05, 0.1) is 6.54 Å². The summed E-state index contributed by atoms with van der Waals surface area (Å²) in [6, 6.07) is -0.0990. The van der Waals surface area contributed by atoms with Crippen LogP contribution in [0, 0.1) is 0 Å². The summed E-state index contributed by atoms with van der Waals surface area (Å²) in [5.74, 6) is 0. The highest BCUT2D eigenvalue weighted by Crippen LogP contribution is 1.91. The first-order valence-electron chi connectivity index (χ1n) is 2.53. The first-order chi connectivity index (χ1) is 3.83. The second-order valence-electron chi connectivity index (χ2n) is 1.62. The highest BCUT2D eigenvalue weighted by Gasteiger charge is 2.09. The van der Waals surface area contributed by atoms with Crippen molar-refractivity contribution in [1.29, 1.82) is 0 Å². The third-order valence-corrected chi connectivity index (χ3v) is 1.06. The molecule has 0 aliphatic carbocycles. The van der Waals surface area contributed by atoms with Crippen LogP contribution in [-0.4, -0.2) is 12.6 Å². The third-order valence-electron chi connectivity index (χ3n) is 1.06. The molecule has 8 heavy (non-hydrogen) atoms. The number of hydrogen-bond acceptors (Lipinski definition) is 1. The minimum absolute atomic E-state index is 0.0990. The number of urea groups is 1. The number of hydrogen-bond donors (Lipinski definition) is 2. The van der Waals surface area contributed by atoms with Crippen molar-refractivity contribution in [1.82, 2.24) is 10.6 Å². The van der Waals surface area contributed by atoms with Gasteiger partial charge in [0.2, 0.25) is 0 Å². The van der Waals surface area contributed by atoms with Crippen molar-refractivity contribution >= 4 is 6.03 Å². The fourth-order valence-electron chi connectivity index (χ4n) is 0.584. The standard InChI is InChI=1S/C5H8N2O/c1-2-4-3-6-5(8)7-4/h2H,3H2,1H3,(H2,6,7,8)/b4-2-. The molecule has 2 amide bonds. The Labute approximate surface area is 47.8 Å². The van der Waals surface area contributed by atoms with Gasteiger partial charge < -0.3 is 10.6 Å². The van der Waals surface area contributed by atoms with Crippen molar-refractivity contribution in [3.63, 3.8) is 0 Å². The second-order valence-corrected chi connectivity index (χ2v) is 1.62. The van der Waals surface area contributed by atoms with Crippen LogP contribution in [0.3, 0.4) is 0 Å². The monoisotopic (exact) mass is 112 g/mol. The Kier molecular flexibility index (Phi) is 1.20. The van der Waals surface area contributed by atoms with E-state index in [-0.39, 0.29) is 6.03 Å². The van der Waals surface area contributed by atoms with E-state index in [4.69, 9.17) is 0 Å². The van der Waals surface area contributed by atoms with Gasteiger partial charge in [-0.3, -0.25) is 0 Å². The van der Waals surface area contributed by atoms with Gasteiger partial charge in [-0.25, -0.2) is 4.79 Å². The van der Waals surface area contributed by atoms with E-state index in [1.54, 1.807) is 0 Å². The lowest BCUT2D eigenvalue weighted by atomic mass is 10.4. The number of allylic oxidation sites excluding steroid dienone is 1. The molecule has 0 saturated carbocycles. The summed E-state index contributed by atoms with van der Waals surface area (Å²) in [6.07, 6.45) is 1.87. The maximum Gasteiger partial charge on any atom is 0.319 e. The van der Waals surface area contributed by atoms with Crippen LogP contribution in [0.5, 0.6) is 0 Å². The number of nitrogens with one attached hydrogen (secondary N) is 2. The Balaban J connectivity index is 2.56. The molecule has 0 spiro atoms. The topological polar surface area (TPSA) is 41.1 Å². The smallest absolute Gasteiger partial charge is 0.319 e. The SMILES string of the molecule is C/C=C1/CNC(=O)N1. The normalized spacial score (nSPS) is 23.1. The van der Waals surface area contributed by atoms with Crippen LogP contribution in [0.25, 0.3) is 0 Å². The maximum atomic E-state index is 10.3. The van der Waals surface area contributed by atoms with Gasteiger partial charge in [0.25, 0.3) is 0 Å². The van der Waals surface area contributed by atoms with Crippen molar-refractivity contribution in [3.8, 4) is 0 Å². The van der Waals surface area contributed by atoms with Gasteiger partial charge in [-0.2, -0.15) is 0 Å². The molecule has 3 heteroatoms. The van der Waals surface area contributed by atoms with Gasteiger partial charge in [-0.1, -0.05) is 6.08 Å². The molecule has 3 nitrogen and oxygen atoms in total. The average molecular weight is 112 g/mol. The van der Waals surface area contributed by atoms with E-state index in [9.17, 15) is 4.79 Å². The van der Waals surface area contributed by atoms with Gasteiger partial charge in [0.15, 0.2) is 0 Å². The first-order valence-corrected chi connectivity index (χ1v) is 2.53. The molecule has 0 atom stereocenters. The Morgan fingerprint density at radius 1 is 1.75 bits per heavy atom. The van der Waals surface area contributed by atoms with Crippen molar-refractivity contribution in [2.45, 2.75) is 6.92 Å². The van der Waals surface area contributed by atoms with E-state index in [0.717, 1.165) is 5.70 Å². The molecule has 0 radical (unpaired) electrons. The molecule has 1 rings (SSSR count). The molecule has 1 aliphatic heterocycles. The molecule has 1 saturated heterocycles. The largest absolute Gasteiger partial charge is 0.332 e. The number of carbonyl (C=O) groups excluding carboxylic acids is 1. The average Bonchev–Trinajstić information content (AvgIpc) is 2.14. The lowest BCUT2D eigenvalue weighted by molar-refractivity contribution is 0.249. The maximum absolute atomic E-state index is 10.3. The lowest BCUT2D eigenvalue weighted by Gasteiger charge is -1.86. The molecule has 1 fully saturated rings. The zero-order valence-corrected chi connectivity index (χ0v) is 4.69. The Morgan fingerprint density at radius 3 is 2.75 bits per heavy atom. The van der Waals surface area contributed by atoms with Gasteiger partial charge in [-0.05, 0) is 6.92 Å². The van der Waals surface area contributed by atoms with Crippen LogP contribution in [-0.2, 0) is 0 Å². The number of amides is 2. The Bertz CT molecular complexity index is 139. The van der Waals surface area contributed by atoms with E-state index in [1.165, 1.54) is 0 Å². The van der Waals surface area contributed by atoms with E-state index in [2.05, 4.69) is 10.6 Å². The van der Waals surface area contributed by atoms with Crippen molar-refractivity contribution in [3.05, 3.63) is 11.8 Å². The predicted octanol–water partition coefficient (Wildman–Crippen LogP) is 0.203. The van der Waals surface area contributed by atoms with Crippen molar-refractivity contribution in [2.24, 2.45) is 0 Å². The van der Waals surface area contributed by atoms with Crippen molar-refractivity contribution in [2.75, 3.05) is 6.54 Å². The van der Waals surface area contributed by atoms with Gasteiger partial charge in [0.1, 0.15) is 0 Å². The van der Waals surface area contributed by atoms with E-state index in [0.29, 0.717) is 6.54 Å². The molecule has 44 valence electrons. The minimum Gasteiger partial charge on any atom is -0.332 e. The Morgan fingerprint density at radius 2 is 2.50 bits per heavy atom. The molecule has 0 aromatic rings. The molecule has 0 bridgehead atoms. The summed E-state index contributed by atoms with van der Waals surface area (Å²) >= 11 is 0. The summed E-state index contributed by atoms with van der Waals surface area (Å²) in [4.78, 5) is 10.3. The minimum atomic E-state index is -0.0990. The molecular formula is C5H8N2O. The zero-order valence-electron chi connectivity index (χ0n) is 4.69. The molecule has 1 aliphatic rings. The molecule has 2 N–H and O–H groups in total. The summed E-state index contributed by atoms with van der Waals surface area (Å²) in [5.41, 5.74) is 0.954. The number of rotatable bonds is 0. The fourth-order valence-corrected chi connectivity index (χ4v) is 0.584. The number of carbonyl (C=O) groups is 1. The second kappa shape index (κ2) is 1.86. The quantitative estimate of drug-likeness (QED) is 0.462. The Hall–Kier alpha value is -0.990. The van der Waals surface area contributed by atoms with E-state index >= 15 is 0 Å². The van der Waals surface area contributed by atoms with E-state index < -0.39 is 0 Å². The zero-order chi connectivity index (χ0) is 5.98. The third kappa shape index (κ3) is 0.804. The van der Waals surface area contributed by atoms with Crippen LogP contribution in [0.15, 0.2) is 11.8 Å². The van der Waals surface area contributed by atoms with Crippen LogP contribution in [0.4, 0.5) is 4.79 Å². The summed E-state index contributed by atoms with van der Waals surface area (Å²) in [5, 5.41) is 5.22. The van der Waals surface area contributed by atoms with Crippen LogP contribution in [0.1, 0.15) is 6.92 Å². The predicted molar refractivity (Wildman–Crippen MR) is 30.3 cm³/mol. The molecular weight excluding hydrogens is 104 g/mol. The molecule has 1 heterocycles. The fraction of sp³-hybridized carbons (Fsp3) is 0.400. The summed E-state index contributed by atoms with van der Waals surface area (Å²) < 4.78 is 0. The van der Waals surface area contributed by atoms with E-state index in [1.807, 2.05) is 13.0 Å². The molecule has 0 unspecified atom stereocenters. The van der Waals surface area contributed by atoms with Crippen molar-refractivity contribution < 1.29 is 4.79 Å². The van der Waals surface area contributed by atoms with Gasteiger partial charge in [-0.15, -0.1) is 0 Å². The summed E-state index contributed by atoms with van der Waals surface area (Å²) in [7, 11) is 0. The molecule has 0 aromatic carbocycles. The van der Waals surface area contributed by atoms with Crippen LogP contribution < -0.4 is 10.6 Å². The van der Waals surface area contributed by atoms with Gasteiger partial charge in [0, 0.05) is 5.70 Å². The van der Waals surface area contributed by atoms with Crippen LogP contribution >= 0.6 is 0 Å². The van der Waals surface area contributed by atoms with Gasteiger partial charge >= 0.3 is 6.03 Å². The highest BCUT2D eigenvalue weighted by molar-refractivity contribution is 5.79. The van der Waals surface area contributed by atoms with Crippen LogP contribution in [0.2, 0.25) is 0 Å². The summed E-state index contributed by atoms with van der Waals surface area (Å²) in [6.45, 7) is 2.54. The highest BCUT2D eigenvalue weighted by atomic mass is 16.2.